The van der Waals surface area contributed by atoms with Crippen molar-refractivity contribution in [3.05, 3.63) is 78.5 Å². The number of carbonyl (C=O) groups excluding carboxylic acids is 1. The SMILES string of the molecule is CCOC(=O)C1=C(C)N=c2s/c(=C\c3ccc(O[C@@H](C)CC)c(OC)c3)c(=O)n2[C@H]1c1ccc(OC(C)C)c(OC)c1. The fourth-order valence-corrected chi connectivity index (χ4v) is 5.68. The van der Waals surface area contributed by atoms with E-state index in [4.69, 9.17) is 23.7 Å². The molecule has 2 heterocycles. The van der Waals surface area contributed by atoms with E-state index in [2.05, 4.69) is 11.9 Å². The summed E-state index contributed by atoms with van der Waals surface area (Å²) >= 11 is 1.25. The van der Waals surface area contributed by atoms with Crippen molar-refractivity contribution in [2.75, 3.05) is 20.8 Å². The second-order valence-electron chi connectivity index (χ2n) is 10.1. The number of esters is 1. The number of aromatic nitrogens is 1. The first-order valence-electron chi connectivity index (χ1n) is 14.0. The van der Waals surface area contributed by atoms with Crippen LogP contribution >= 0.6 is 11.3 Å². The van der Waals surface area contributed by atoms with Crippen LogP contribution in [0.2, 0.25) is 0 Å². The number of hydrogen-bond acceptors (Lipinski definition) is 9. The van der Waals surface area contributed by atoms with Gasteiger partial charge in [0.25, 0.3) is 5.56 Å². The molecule has 0 saturated heterocycles. The van der Waals surface area contributed by atoms with Crippen LogP contribution in [0, 0.1) is 0 Å². The number of benzene rings is 2. The highest BCUT2D eigenvalue weighted by atomic mass is 32.1. The van der Waals surface area contributed by atoms with Crippen LogP contribution in [0.5, 0.6) is 23.0 Å². The van der Waals surface area contributed by atoms with Gasteiger partial charge in [-0.25, -0.2) is 9.79 Å². The monoisotopic (exact) mass is 594 g/mol. The van der Waals surface area contributed by atoms with Gasteiger partial charge in [-0.2, -0.15) is 0 Å². The first-order chi connectivity index (χ1) is 20.1. The third kappa shape index (κ3) is 6.38. The minimum absolute atomic E-state index is 0.0369. The lowest BCUT2D eigenvalue weighted by atomic mass is 9.95. The minimum atomic E-state index is -0.773. The summed E-state index contributed by atoms with van der Waals surface area (Å²) in [5.74, 6) is 1.75. The Morgan fingerprint density at radius 1 is 1.00 bits per heavy atom. The Bertz CT molecular complexity index is 1670. The van der Waals surface area contributed by atoms with Crippen LogP contribution in [0.3, 0.4) is 0 Å². The first-order valence-corrected chi connectivity index (χ1v) is 14.8. The summed E-state index contributed by atoms with van der Waals surface area (Å²) in [6.45, 7) is 11.6. The van der Waals surface area contributed by atoms with Crippen molar-refractivity contribution in [1.82, 2.24) is 4.57 Å². The Morgan fingerprint density at radius 2 is 1.67 bits per heavy atom. The Balaban J connectivity index is 1.88. The van der Waals surface area contributed by atoms with Crippen molar-refractivity contribution in [3.8, 4) is 23.0 Å². The molecule has 9 nitrogen and oxygen atoms in total. The van der Waals surface area contributed by atoms with Crippen LogP contribution in [-0.2, 0) is 9.53 Å². The molecule has 0 fully saturated rings. The predicted molar refractivity (Wildman–Crippen MR) is 163 cm³/mol. The largest absolute Gasteiger partial charge is 0.493 e. The molecule has 3 aromatic rings. The Hall–Kier alpha value is -4.05. The molecule has 0 spiro atoms. The van der Waals surface area contributed by atoms with E-state index in [-0.39, 0.29) is 24.4 Å². The van der Waals surface area contributed by atoms with E-state index in [1.54, 1.807) is 50.8 Å². The minimum Gasteiger partial charge on any atom is -0.493 e. The normalized spacial score (nSPS) is 15.6. The van der Waals surface area contributed by atoms with Crippen molar-refractivity contribution in [1.29, 1.82) is 0 Å². The molecule has 4 rings (SSSR count). The third-order valence-corrected chi connectivity index (χ3v) is 7.75. The average Bonchev–Trinajstić information content (AvgIpc) is 3.26. The summed E-state index contributed by atoms with van der Waals surface area (Å²) in [4.78, 5) is 32.4. The first kappa shape index (κ1) is 30.9. The zero-order valence-corrected chi connectivity index (χ0v) is 26.2. The van der Waals surface area contributed by atoms with Gasteiger partial charge in [-0.15, -0.1) is 0 Å². The van der Waals surface area contributed by atoms with Crippen LogP contribution in [0.1, 0.15) is 65.1 Å². The molecular weight excluding hydrogens is 556 g/mol. The molecule has 1 aromatic heterocycles. The zero-order valence-electron chi connectivity index (χ0n) is 25.3. The van der Waals surface area contributed by atoms with Gasteiger partial charge in [0, 0.05) is 0 Å². The molecule has 2 aromatic carbocycles. The Labute approximate surface area is 249 Å². The van der Waals surface area contributed by atoms with Crippen molar-refractivity contribution >= 4 is 23.4 Å². The van der Waals surface area contributed by atoms with Crippen LogP contribution in [-0.4, -0.2) is 43.6 Å². The van der Waals surface area contributed by atoms with Crippen molar-refractivity contribution in [2.45, 2.75) is 66.2 Å². The summed E-state index contributed by atoms with van der Waals surface area (Å²) in [7, 11) is 3.14. The Kier molecular flexibility index (Phi) is 9.78. The topological polar surface area (TPSA) is 97.6 Å². The lowest BCUT2D eigenvalue weighted by Gasteiger charge is -2.25. The molecule has 1 aliphatic rings. The molecule has 1 aliphatic heterocycles. The van der Waals surface area contributed by atoms with Gasteiger partial charge in [-0.1, -0.05) is 30.4 Å². The highest BCUT2D eigenvalue weighted by Gasteiger charge is 2.34. The molecule has 42 heavy (non-hydrogen) atoms. The van der Waals surface area contributed by atoms with Crippen LogP contribution in [0.4, 0.5) is 0 Å². The molecule has 0 saturated carbocycles. The lowest BCUT2D eigenvalue weighted by Crippen LogP contribution is -2.40. The second-order valence-corrected chi connectivity index (χ2v) is 11.1. The number of thiazole rings is 1. The summed E-state index contributed by atoms with van der Waals surface area (Å²) in [5, 5.41) is 0. The molecule has 0 unspecified atom stereocenters. The average molecular weight is 595 g/mol. The lowest BCUT2D eigenvalue weighted by molar-refractivity contribution is -0.139. The molecule has 10 heteroatoms. The van der Waals surface area contributed by atoms with Gasteiger partial charge >= 0.3 is 5.97 Å². The number of hydrogen-bond donors (Lipinski definition) is 0. The highest BCUT2D eigenvalue weighted by molar-refractivity contribution is 7.07. The van der Waals surface area contributed by atoms with E-state index >= 15 is 0 Å². The summed E-state index contributed by atoms with van der Waals surface area (Å²) in [6, 6.07) is 10.2. The molecule has 224 valence electrons. The summed E-state index contributed by atoms with van der Waals surface area (Å²) in [6.07, 6.45) is 2.63. The molecule has 2 atom stereocenters. The fourth-order valence-electron chi connectivity index (χ4n) is 4.64. The second kappa shape index (κ2) is 13.3. The number of fused-ring (bicyclic) bond motifs is 1. The maximum absolute atomic E-state index is 14.0. The van der Waals surface area contributed by atoms with Crippen LogP contribution in [0.15, 0.2) is 57.5 Å². The van der Waals surface area contributed by atoms with Gasteiger partial charge in [0.1, 0.15) is 0 Å². The fraction of sp³-hybridized carbons (Fsp3) is 0.406. The van der Waals surface area contributed by atoms with Gasteiger partial charge in [-0.3, -0.25) is 9.36 Å². The quantitative estimate of drug-likeness (QED) is 0.295. The molecule has 0 N–H and O–H groups in total. The number of nitrogens with zero attached hydrogens (tertiary/aromatic N) is 2. The molecule has 0 bridgehead atoms. The number of allylic oxidation sites excluding steroid dienone is 1. The molecular formula is C32H38N2O7S. The predicted octanol–water partition coefficient (Wildman–Crippen LogP) is 4.78. The van der Waals surface area contributed by atoms with Gasteiger partial charge in [0.2, 0.25) is 0 Å². The number of rotatable bonds is 11. The van der Waals surface area contributed by atoms with E-state index in [1.165, 1.54) is 11.3 Å². The van der Waals surface area contributed by atoms with E-state index in [9.17, 15) is 9.59 Å². The van der Waals surface area contributed by atoms with Gasteiger partial charge < -0.3 is 23.7 Å². The molecule has 0 radical (unpaired) electrons. The smallest absolute Gasteiger partial charge is 0.338 e. The number of ether oxygens (including phenoxy) is 5. The van der Waals surface area contributed by atoms with Crippen LogP contribution in [0.25, 0.3) is 6.08 Å². The zero-order chi connectivity index (χ0) is 30.6. The summed E-state index contributed by atoms with van der Waals surface area (Å²) in [5.41, 5.74) is 1.94. The maximum atomic E-state index is 14.0. The van der Waals surface area contributed by atoms with Crippen molar-refractivity contribution in [2.24, 2.45) is 4.99 Å². The standard InChI is InChI=1S/C32H38N2O7S/c1-9-19(5)41-24-13-11-21(15-25(24)37-7)16-27-30(35)34-29(22-12-14-23(40-18(3)4)26(17-22)38-8)28(31(36)39-10-2)20(6)33-32(34)42-27/h11-19,29H,9-10H2,1-8H3/b27-16-/t19-,29-/m0/s1. The van der Waals surface area contributed by atoms with Crippen molar-refractivity contribution in [3.63, 3.8) is 0 Å². The van der Waals surface area contributed by atoms with Crippen LogP contribution < -0.4 is 33.8 Å². The van der Waals surface area contributed by atoms with Gasteiger partial charge in [-0.05, 0) is 82.5 Å². The Morgan fingerprint density at radius 3 is 2.31 bits per heavy atom. The summed E-state index contributed by atoms with van der Waals surface area (Å²) < 4.78 is 30.5. The van der Waals surface area contributed by atoms with Crippen molar-refractivity contribution < 1.29 is 28.5 Å². The van der Waals surface area contributed by atoms with E-state index in [0.29, 0.717) is 49.2 Å². The maximum Gasteiger partial charge on any atom is 0.338 e. The van der Waals surface area contributed by atoms with E-state index in [0.717, 1.165) is 12.0 Å². The van der Waals surface area contributed by atoms with Gasteiger partial charge in [0.05, 0.1) is 54.9 Å². The highest BCUT2D eigenvalue weighted by Crippen LogP contribution is 2.36. The third-order valence-electron chi connectivity index (χ3n) is 6.77. The number of methoxy groups -OCH3 is 2. The van der Waals surface area contributed by atoms with E-state index in [1.807, 2.05) is 45.0 Å². The van der Waals surface area contributed by atoms with E-state index < -0.39 is 12.0 Å². The molecule has 0 aliphatic carbocycles. The van der Waals surface area contributed by atoms with Gasteiger partial charge in [0.15, 0.2) is 27.8 Å². The number of carbonyl (C=O) groups is 1. The molecule has 0 amide bonds.